The molecule has 6 nitrogen and oxygen atoms in total. The molecule has 6 rings (SSSR count). The molecule has 158 valence electrons. The number of aromatic nitrogens is 3. The molecule has 0 aliphatic carbocycles. The highest BCUT2D eigenvalue weighted by molar-refractivity contribution is 5.85. The van der Waals surface area contributed by atoms with Gasteiger partial charge in [0, 0.05) is 16.7 Å². The van der Waals surface area contributed by atoms with Crippen molar-refractivity contribution < 1.29 is 13.9 Å². The molecule has 0 unspecified atom stereocenters. The third-order valence-corrected chi connectivity index (χ3v) is 5.94. The van der Waals surface area contributed by atoms with Gasteiger partial charge in [-0.05, 0) is 35.9 Å². The summed E-state index contributed by atoms with van der Waals surface area (Å²) in [5.41, 5.74) is 4.08. The first-order valence-electron chi connectivity index (χ1n) is 10.3. The Hall–Kier alpha value is -4.13. The lowest BCUT2D eigenvalue weighted by Gasteiger charge is -2.39. The fourth-order valence-corrected chi connectivity index (χ4v) is 4.47. The number of benzene rings is 3. The molecule has 0 fully saturated rings. The Balaban J connectivity index is 1.62. The molecule has 0 saturated carbocycles. The van der Waals surface area contributed by atoms with E-state index in [1.165, 1.54) is 12.4 Å². The minimum Gasteiger partial charge on any atom is -0.497 e. The smallest absolute Gasteiger partial charge is 0.226 e. The van der Waals surface area contributed by atoms with E-state index in [0.29, 0.717) is 17.3 Å². The number of nitrogens with zero attached hydrogens (tertiary/aromatic N) is 3. The second kappa shape index (κ2) is 7.23. The van der Waals surface area contributed by atoms with Crippen molar-refractivity contribution in [1.82, 2.24) is 14.8 Å². The molecule has 0 radical (unpaired) electrons. The van der Waals surface area contributed by atoms with Gasteiger partial charge >= 0.3 is 0 Å². The van der Waals surface area contributed by atoms with Crippen molar-refractivity contribution in [2.75, 3.05) is 12.4 Å². The van der Waals surface area contributed by atoms with Crippen LogP contribution in [0.1, 0.15) is 28.8 Å². The van der Waals surface area contributed by atoms with Crippen LogP contribution >= 0.6 is 0 Å². The number of fused-ring (bicyclic) bond motifs is 3. The molecule has 4 aromatic rings. The minimum absolute atomic E-state index is 0.318. The second-order valence-electron chi connectivity index (χ2n) is 7.67. The third-order valence-electron chi connectivity index (χ3n) is 5.94. The van der Waals surface area contributed by atoms with Gasteiger partial charge in [0.2, 0.25) is 5.95 Å². The van der Waals surface area contributed by atoms with Crippen LogP contribution in [-0.4, -0.2) is 21.9 Å². The molecule has 0 spiro atoms. The molecular weight excluding hydrogens is 407 g/mol. The predicted octanol–water partition coefficient (Wildman–Crippen LogP) is 4.99. The molecular formula is C25H19FN4O2. The van der Waals surface area contributed by atoms with Crippen LogP contribution in [0.15, 0.2) is 84.7 Å². The highest BCUT2D eigenvalue weighted by Gasteiger charge is 2.41. The zero-order chi connectivity index (χ0) is 21.7. The minimum atomic E-state index is -0.641. The van der Waals surface area contributed by atoms with Crippen LogP contribution < -0.4 is 14.8 Å². The molecule has 2 aliphatic rings. The fourth-order valence-electron chi connectivity index (χ4n) is 4.47. The van der Waals surface area contributed by atoms with E-state index in [1.807, 2.05) is 59.3 Å². The van der Waals surface area contributed by atoms with Crippen LogP contribution in [0.5, 0.6) is 11.5 Å². The van der Waals surface area contributed by atoms with Gasteiger partial charge in [0.05, 0.1) is 12.8 Å². The van der Waals surface area contributed by atoms with Gasteiger partial charge in [-0.3, -0.25) is 0 Å². The quantitative estimate of drug-likeness (QED) is 0.500. The number of halogens is 1. The molecule has 0 amide bonds. The molecule has 2 aliphatic heterocycles. The first kappa shape index (κ1) is 18.6. The summed E-state index contributed by atoms with van der Waals surface area (Å²) >= 11 is 0. The SMILES string of the molecule is COc1ccc([C@H]2C3=C(Nc4ncnn42)c2ccccc2O[C@@H]3c2ccccc2F)cc1. The van der Waals surface area contributed by atoms with Crippen molar-refractivity contribution in [3.05, 3.63) is 107 Å². The summed E-state index contributed by atoms with van der Waals surface area (Å²) < 4.78 is 28.6. The largest absolute Gasteiger partial charge is 0.497 e. The van der Waals surface area contributed by atoms with E-state index in [9.17, 15) is 4.39 Å². The van der Waals surface area contributed by atoms with E-state index < -0.39 is 6.10 Å². The third kappa shape index (κ3) is 2.78. The van der Waals surface area contributed by atoms with Crippen LogP contribution in [0, 0.1) is 5.82 Å². The van der Waals surface area contributed by atoms with Crippen molar-refractivity contribution in [2.24, 2.45) is 0 Å². The normalized spacial score (nSPS) is 18.7. The molecule has 3 heterocycles. The number of hydrogen-bond acceptors (Lipinski definition) is 5. The van der Waals surface area contributed by atoms with Crippen molar-refractivity contribution in [3.63, 3.8) is 0 Å². The molecule has 1 N–H and O–H groups in total. The Labute approximate surface area is 183 Å². The molecule has 0 saturated heterocycles. The number of anilines is 1. The van der Waals surface area contributed by atoms with Crippen molar-refractivity contribution in [1.29, 1.82) is 0 Å². The topological polar surface area (TPSA) is 61.2 Å². The summed E-state index contributed by atoms with van der Waals surface area (Å²) in [6.07, 6.45) is 0.875. The Bertz CT molecular complexity index is 1350. The number of hydrogen-bond donors (Lipinski definition) is 1. The van der Waals surface area contributed by atoms with Crippen molar-refractivity contribution in [3.8, 4) is 11.5 Å². The van der Waals surface area contributed by atoms with E-state index in [4.69, 9.17) is 9.47 Å². The zero-order valence-corrected chi connectivity index (χ0v) is 17.2. The van der Waals surface area contributed by atoms with Crippen molar-refractivity contribution >= 4 is 11.6 Å². The average Bonchev–Trinajstić information content (AvgIpc) is 3.31. The summed E-state index contributed by atoms with van der Waals surface area (Å²) in [5, 5.41) is 7.90. The van der Waals surface area contributed by atoms with Crippen LogP contribution in [0.3, 0.4) is 0 Å². The zero-order valence-electron chi connectivity index (χ0n) is 17.2. The van der Waals surface area contributed by atoms with Gasteiger partial charge in [-0.2, -0.15) is 10.1 Å². The van der Waals surface area contributed by atoms with Crippen LogP contribution in [0.25, 0.3) is 5.70 Å². The number of nitrogens with one attached hydrogen (secondary N) is 1. The van der Waals surface area contributed by atoms with Crippen molar-refractivity contribution in [2.45, 2.75) is 12.1 Å². The Morgan fingerprint density at radius 3 is 2.59 bits per heavy atom. The molecule has 3 aromatic carbocycles. The maximum atomic E-state index is 15.0. The van der Waals surface area contributed by atoms with E-state index in [2.05, 4.69) is 15.4 Å². The molecule has 7 heteroatoms. The number of methoxy groups -OCH3 is 1. The summed E-state index contributed by atoms with van der Waals surface area (Å²) in [6, 6.07) is 21.9. The van der Waals surface area contributed by atoms with Crippen LogP contribution in [0.2, 0.25) is 0 Å². The highest BCUT2D eigenvalue weighted by atomic mass is 19.1. The summed E-state index contributed by atoms with van der Waals surface area (Å²) in [6.45, 7) is 0. The molecule has 0 bridgehead atoms. The number of ether oxygens (including phenoxy) is 2. The summed E-state index contributed by atoms with van der Waals surface area (Å²) in [4.78, 5) is 4.41. The summed E-state index contributed by atoms with van der Waals surface area (Å²) in [7, 11) is 1.63. The lowest BCUT2D eigenvalue weighted by Crippen LogP contribution is -2.32. The van der Waals surface area contributed by atoms with E-state index >= 15 is 0 Å². The Morgan fingerprint density at radius 2 is 1.78 bits per heavy atom. The monoisotopic (exact) mass is 426 g/mol. The van der Waals surface area contributed by atoms with Crippen LogP contribution in [0.4, 0.5) is 10.3 Å². The number of rotatable bonds is 3. The lowest BCUT2D eigenvalue weighted by molar-refractivity contribution is 0.218. The lowest BCUT2D eigenvalue weighted by atomic mass is 9.84. The van der Waals surface area contributed by atoms with Gasteiger partial charge in [-0.25, -0.2) is 9.07 Å². The number of para-hydroxylation sites is 1. The first-order valence-corrected chi connectivity index (χ1v) is 10.3. The van der Waals surface area contributed by atoms with Gasteiger partial charge in [-0.1, -0.05) is 42.5 Å². The maximum Gasteiger partial charge on any atom is 0.226 e. The van der Waals surface area contributed by atoms with Gasteiger partial charge in [0.25, 0.3) is 0 Å². The molecule has 32 heavy (non-hydrogen) atoms. The van der Waals surface area contributed by atoms with Gasteiger partial charge < -0.3 is 14.8 Å². The van der Waals surface area contributed by atoms with Crippen LogP contribution in [-0.2, 0) is 0 Å². The standard InChI is InChI=1S/C25H19FN4O2/c1-31-16-12-10-15(11-13-16)23-21-22(29-25-27-14-28-30(23)25)18-7-3-5-9-20(18)32-24(21)17-6-2-4-8-19(17)26/h2-14,23-24H,1H3,(H,27,28,29)/t23-,24+/m0/s1. The van der Waals surface area contributed by atoms with Gasteiger partial charge in [0.15, 0.2) is 6.10 Å². The van der Waals surface area contributed by atoms with E-state index in [-0.39, 0.29) is 11.9 Å². The fraction of sp³-hybridized carbons (Fsp3) is 0.120. The Kier molecular flexibility index (Phi) is 4.21. The first-order chi connectivity index (χ1) is 15.7. The van der Waals surface area contributed by atoms with Gasteiger partial charge in [-0.15, -0.1) is 0 Å². The Morgan fingerprint density at radius 1 is 1.00 bits per heavy atom. The summed E-state index contributed by atoms with van der Waals surface area (Å²) in [5.74, 6) is 1.75. The molecule has 1 aromatic heterocycles. The van der Waals surface area contributed by atoms with Gasteiger partial charge in [0.1, 0.15) is 29.7 Å². The maximum absolute atomic E-state index is 15.0. The second-order valence-corrected chi connectivity index (χ2v) is 7.67. The molecule has 2 atom stereocenters. The van der Waals surface area contributed by atoms with E-state index in [0.717, 1.165) is 28.1 Å². The highest BCUT2D eigenvalue weighted by Crippen LogP contribution is 2.50. The average molecular weight is 426 g/mol. The van der Waals surface area contributed by atoms with E-state index in [1.54, 1.807) is 19.2 Å². The predicted molar refractivity (Wildman–Crippen MR) is 118 cm³/mol.